The number of anilines is 1. The fourth-order valence-corrected chi connectivity index (χ4v) is 3.07. The third kappa shape index (κ3) is 2.94. The van der Waals surface area contributed by atoms with E-state index in [9.17, 15) is 5.11 Å². The minimum Gasteiger partial charge on any atom is -0.378 e. The van der Waals surface area contributed by atoms with Gasteiger partial charge in [-0.2, -0.15) is 0 Å². The zero-order valence-electron chi connectivity index (χ0n) is 14.2. The molecule has 3 aromatic heterocycles. The Bertz CT molecular complexity index is 1030. The third-order valence-electron chi connectivity index (χ3n) is 4.17. The number of pyridine rings is 1. The standard InChI is InChI=1S/C19H19N5O/c1-19(2,25)9-8-12-6-7-15-22-14-5-3-4-13-10-21-18(20)23-16(13)17(14)24(15)11-12/h6-7,10-11,25H,3-5H2,1-2H3,(H2,20,21,23). The summed E-state index contributed by atoms with van der Waals surface area (Å²) in [6.07, 6.45) is 6.55. The maximum atomic E-state index is 9.82. The van der Waals surface area contributed by atoms with Crippen molar-refractivity contribution < 1.29 is 5.11 Å². The normalized spacial score (nSPS) is 13.6. The van der Waals surface area contributed by atoms with Crippen LogP contribution in [-0.2, 0) is 12.8 Å². The SMILES string of the molecule is CC(C)(O)C#Cc1ccc2nc3c(n2c1)-c1nc(N)ncc1CCC3. The van der Waals surface area contributed by atoms with E-state index in [4.69, 9.17) is 10.7 Å². The zero-order chi connectivity index (χ0) is 17.6. The topological polar surface area (TPSA) is 89.3 Å². The molecular formula is C19H19N5O. The molecule has 1 aliphatic rings. The summed E-state index contributed by atoms with van der Waals surface area (Å²) in [6, 6.07) is 3.85. The van der Waals surface area contributed by atoms with Gasteiger partial charge in [0.1, 0.15) is 11.2 Å². The average Bonchev–Trinajstić information content (AvgIpc) is 2.81. The molecule has 0 radical (unpaired) electrons. The Morgan fingerprint density at radius 1 is 1.24 bits per heavy atom. The van der Waals surface area contributed by atoms with Crippen LogP contribution < -0.4 is 5.73 Å². The van der Waals surface area contributed by atoms with Crippen LogP contribution in [0, 0.1) is 11.8 Å². The lowest BCUT2D eigenvalue weighted by Crippen LogP contribution is -2.14. The summed E-state index contributed by atoms with van der Waals surface area (Å²) in [7, 11) is 0. The first-order valence-electron chi connectivity index (χ1n) is 8.29. The second-order valence-electron chi connectivity index (χ2n) is 6.82. The number of aliphatic hydroxyl groups is 1. The number of nitrogen functional groups attached to an aromatic ring is 1. The summed E-state index contributed by atoms with van der Waals surface area (Å²) in [5.41, 5.74) is 10.4. The first-order chi connectivity index (χ1) is 11.9. The summed E-state index contributed by atoms with van der Waals surface area (Å²) in [5.74, 6) is 6.12. The van der Waals surface area contributed by atoms with E-state index < -0.39 is 5.60 Å². The second kappa shape index (κ2) is 5.57. The van der Waals surface area contributed by atoms with Crippen LogP contribution >= 0.6 is 0 Å². The van der Waals surface area contributed by atoms with Crippen molar-refractivity contribution in [1.82, 2.24) is 19.4 Å². The highest BCUT2D eigenvalue weighted by atomic mass is 16.3. The highest BCUT2D eigenvalue weighted by Crippen LogP contribution is 2.31. The van der Waals surface area contributed by atoms with Crippen LogP contribution in [0.1, 0.15) is 37.1 Å². The highest BCUT2D eigenvalue weighted by molar-refractivity contribution is 5.69. The van der Waals surface area contributed by atoms with Gasteiger partial charge in [0.05, 0.1) is 17.1 Å². The molecule has 0 saturated carbocycles. The average molecular weight is 333 g/mol. The van der Waals surface area contributed by atoms with E-state index in [1.54, 1.807) is 13.8 Å². The molecule has 0 aliphatic heterocycles. The smallest absolute Gasteiger partial charge is 0.220 e. The lowest BCUT2D eigenvalue weighted by Gasteiger charge is -2.08. The Hall–Kier alpha value is -2.91. The molecule has 3 N–H and O–H groups in total. The van der Waals surface area contributed by atoms with Crippen molar-refractivity contribution in [3.63, 3.8) is 0 Å². The number of aromatic nitrogens is 4. The minimum absolute atomic E-state index is 0.263. The molecule has 0 bridgehead atoms. The van der Waals surface area contributed by atoms with Crippen LogP contribution in [0.5, 0.6) is 0 Å². The molecule has 0 spiro atoms. The molecule has 6 nitrogen and oxygen atoms in total. The van der Waals surface area contributed by atoms with Crippen molar-refractivity contribution in [3.05, 3.63) is 41.3 Å². The first-order valence-corrected chi connectivity index (χ1v) is 8.29. The lowest BCUT2D eigenvalue weighted by molar-refractivity contribution is 0.143. The molecule has 0 unspecified atom stereocenters. The van der Waals surface area contributed by atoms with E-state index in [1.807, 2.05) is 28.9 Å². The van der Waals surface area contributed by atoms with Gasteiger partial charge in [-0.1, -0.05) is 11.8 Å². The molecule has 6 heteroatoms. The maximum absolute atomic E-state index is 9.82. The summed E-state index contributed by atoms with van der Waals surface area (Å²) in [6.45, 7) is 3.33. The number of imidazole rings is 1. The molecular weight excluding hydrogens is 314 g/mol. The number of hydrogen-bond donors (Lipinski definition) is 2. The molecule has 0 atom stereocenters. The van der Waals surface area contributed by atoms with E-state index in [-0.39, 0.29) is 5.95 Å². The molecule has 0 aromatic carbocycles. The Morgan fingerprint density at radius 2 is 2.08 bits per heavy atom. The van der Waals surface area contributed by atoms with Crippen LogP contribution in [0.3, 0.4) is 0 Å². The van der Waals surface area contributed by atoms with Gasteiger partial charge in [-0.05, 0) is 50.8 Å². The molecule has 126 valence electrons. The largest absolute Gasteiger partial charge is 0.378 e. The van der Waals surface area contributed by atoms with Crippen molar-refractivity contribution in [1.29, 1.82) is 0 Å². The van der Waals surface area contributed by atoms with Gasteiger partial charge in [0, 0.05) is 18.0 Å². The predicted octanol–water partition coefficient (Wildman–Crippen LogP) is 1.98. The van der Waals surface area contributed by atoms with Gasteiger partial charge in [0.15, 0.2) is 0 Å². The highest BCUT2D eigenvalue weighted by Gasteiger charge is 2.22. The fourth-order valence-electron chi connectivity index (χ4n) is 3.07. The number of nitrogens with two attached hydrogens (primary N) is 1. The van der Waals surface area contributed by atoms with Crippen molar-refractivity contribution in [2.45, 2.75) is 38.7 Å². The van der Waals surface area contributed by atoms with E-state index in [0.717, 1.165) is 53.1 Å². The van der Waals surface area contributed by atoms with Crippen molar-refractivity contribution >= 4 is 11.6 Å². The summed E-state index contributed by atoms with van der Waals surface area (Å²) < 4.78 is 2.01. The zero-order valence-corrected chi connectivity index (χ0v) is 14.2. The number of rotatable bonds is 0. The molecule has 3 heterocycles. The van der Waals surface area contributed by atoms with Crippen LogP contribution in [0.4, 0.5) is 5.95 Å². The Balaban J connectivity index is 1.95. The van der Waals surface area contributed by atoms with Crippen LogP contribution in [0.2, 0.25) is 0 Å². The molecule has 0 amide bonds. The molecule has 25 heavy (non-hydrogen) atoms. The third-order valence-corrected chi connectivity index (χ3v) is 4.17. The van der Waals surface area contributed by atoms with E-state index in [1.165, 1.54) is 0 Å². The summed E-state index contributed by atoms with van der Waals surface area (Å²) in [4.78, 5) is 13.4. The molecule has 3 aromatic rings. The fraction of sp³-hybridized carbons (Fsp3) is 0.316. The second-order valence-corrected chi connectivity index (χ2v) is 6.82. The van der Waals surface area contributed by atoms with E-state index in [2.05, 4.69) is 21.8 Å². The van der Waals surface area contributed by atoms with Gasteiger partial charge in [-0.15, -0.1) is 0 Å². The summed E-state index contributed by atoms with van der Waals surface area (Å²) >= 11 is 0. The summed E-state index contributed by atoms with van der Waals surface area (Å²) in [5, 5.41) is 9.82. The van der Waals surface area contributed by atoms with Crippen LogP contribution in [0.15, 0.2) is 24.5 Å². The van der Waals surface area contributed by atoms with Gasteiger partial charge in [0.25, 0.3) is 0 Å². The van der Waals surface area contributed by atoms with Gasteiger partial charge < -0.3 is 10.8 Å². The number of nitrogens with zero attached hydrogens (tertiary/aromatic N) is 4. The van der Waals surface area contributed by atoms with Gasteiger partial charge in [-0.3, -0.25) is 4.40 Å². The number of hydrogen-bond acceptors (Lipinski definition) is 5. The monoisotopic (exact) mass is 333 g/mol. The van der Waals surface area contributed by atoms with Crippen molar-refractivity contribution in [2.24, 2.45) is 0 Å². The molecule has 0 fully saturated rings. The number of aryl methyl sites for hydroxylation is 2. The Labute approximate surface area is 145 Å². The first kappa shape index (κ1) is 15.6. The van der Waals surface area contributed by atoms with Gasteiger partial charge in [0.2, 0.25) is 5.95 Å². The lowest BCUT2D eigenvalue weighted by atomic mass is 10.1. The molecule has 1 aliphatic carbocycles. The van der Waals surface area contributed by atoms with Gasteiger partial charge >= 0.3 is 0 Å². The predicted molar refractivity (Wildman–Crippen MR) is 95.8 cm³/mol. The molecule has 0 saturated heterocycles. The van der Waals surface area contributed by atoms with Crippen molar-refractivity contribution in [3.8, 4) is 23.2 Å². The van der Waals surface area contributed by atoms with E-state index in [0.29, 0.717) is 0 Å². The Kier molecular flexibility index (Phi) is 3.48. The van der Waals surface area contributed by atoms with Gasteiger partial charge in [-0.25, -0.2) is 15.0 Å². The van der Waals surface area contributed by atoms with Crippen LogP contribution in [-0.4, -0.2) is 30.1 Å². The molecule has 4 rings (SSSR count). The Morgan fingerprint density at radius 3 is 2.88 bits per heavy atom. The van der Waals surface area contributed by atoms with E-state index >= 15 is 0 Å². The minimum atomic E-state index is -1.03. The quantitative estimate of drug-likeness (QED) is 0.614. The maximum Gasteiger partial charge on any atom is 0.220 e. The number of fused-ring (bicyclic) bond motifs is 5. The van der Waals surface area contributed by atoms with Crippen LogP contribution in [0.25, 0.3) is 17.0 Å². The van der Waals surface area contributed by atoms with Crippen molar-refractivity contribution in [2.75, 3.05) is 5.73 Å².